The molecule has 1 aromatic heterocycles. The van der Waals surface area contributed by atoms with Crippen molar-refractivity contribution in [2.24, 2.45) is 0 Å². The number of imidazole rings is 1. The number of ether oxygens (including phenoxy) is 2. The Morgan fingerprint density at radius 2 is 1.62 bits per heavy atom. The van der Waals surface area contributed by atoms with Crippen LogP contribution in [-0.4, -0.2) is 23.3 Å². The molecule has 32 heavy (non-hydrogen) atoms. The molecule has 0 bridgehead atoms. The molecule has 4 nitrogen and oxygen atoms in total. The first-order valence-corrected chi connectivity index (χ1v) is 11.1. The van der Waals surface area contributed by atoms with E-state index in [4.69, 9.17) is 14.5 Å². The molecule has 0 aliphatic carbocycles. The number of hydrogen-bond acceptors (Lipinski definition) is 3. The van der Waals surface area contributed by atoms with Gasteiger partial charge in [0.05, 0.1) is 24.8 Å². The average Bonchev–Trinajstić information content (AvgIpc) is 3.17. The molecule has 0 saturated carbocycles. The molecule has 0 fully saturated rings. The predicted molar refractivity (Wildman–Crippen MR) is 132 cm³/mol. The Morgan fingerprint density at radius 1 is 0.844 bits per heavy atom. The molecule has 4 aromatic rings. The van der Waals surface area contributed by atoms with Crippen molar-refractivity contribution in [1.29, 1.82) is 0 Å². The number of para-hydroxylation sites is 2. The van der Waals surface area contributed by atoms with Gasteiger partial charge in [-0.05, 0) is 85.9 Å². The number of rotatable bonds is 9. The second kappa shape index (κ2) is 10.2. The maximum absolute atomic E-state index is 5.95. The van der Waals surface area contributed by atoms with E-state index in [2.05, 4.69) is 60.9 Å². The molecule has 0 aliphatic rings. The topological polar surface area (TPSA) is 36.3 Å². The summed E-state index contributed by atoms with van der Waals surface area (Å²) in [6, 6.07) is 22.6. The van der Waals surface area contributed by atoms with Crippen molar-refractivity contribution in [3.8, 4) is 11.5 Å². The predicted octanol–water partition coefficient (Wildman–Crippen LogP) is 6.69. The summed E-state index contributed by atoms with van der Waals surface area (Å²) in [7, 11) is 1.68. The van der Waals surface area contributed by atoms with Crippen LogP contribution in [0.4, 0.5) is 0 Å². The van der Waals surface area contributed by atoms with Crippen molar-refractivity contribution in [2.75, 3.05) is 13.7 Å². The van der Waals surface area contributed by atoms with Crippen LogP contribution in [0.25, 0.3) is 23.2 Å². The van der Waals surface area contributed by atoms with Crippen LogP contribution in [0.15, 0.2) is 66.7 Å². The Balaban J connectivity index is 1.41. The molecule has 0 aliphatic heterocycles. The summed E-state index contributed by atoms with van der Waals surface area (Å²) >= 11 is 0. The third-order valence-electron chi connectivity index (χ3n) is 5.75. The fourth-order valence-electron chi connectivity index (χ4n) is 3.71. The highest BCUT2D eigenvalue weighted by molar-refractivity contribution is 5.79. The molecule has 1 heterocycles. The Bertz CT molecular complexity index is 1210. The molecular weight excluding hydrogens is 396 g/mol. The molecular formula is C28H30N2O2. The fourth-order valence-corrected chi connectivity index (χ4v) is 3.71. The SMILES string of the molecule is COc1ccc(/C=C/c2nc3ccccc3n2CCCCOc2ccc(C)c(C)c2)cc1. The van der Waals surface area contributed by atoms with E-state index in [9.17, 15) is 0 Å². The minimum absolute atomic E-state index is 0.714. The van der Waals surface area contributed by atoms with E-state index in [0.29, 0.717) is 6.61 Å². The first-order valence-electron chi connectivity index (χ1n) is 11.1. The van der Waals surface area contributed by atoms with Gasteiger partial charge in [0.2, 0.25) is 0 Å². The average molecular weight is 427 g/mol. The maximum Gasteiger partial charge on any atom is 0.133 e. The minimum atomic E-state index is 0.714. The second-order valence-corrected chi connectivity index (χ2v) is 8.02. The molecule has 4 heteroatoms. The maximum atomic E-state index is 5.95. The van der Waals surface area contributed by atoms with Crippen molar-refractivity contribution in [1.82, 2.24) is 9.55 Å². The van der Waals surface area contributed by atoms with Crippen LogP contribution in [-0.2, 0) is 6.54 Å². The van der Waals surface area contributed by atoms with Crippen LogP contribution in [0.3, 0.4) is 0 Å². The van der Waals surface area contributed by atoms with Gasteiger partial charge in [-0.25, -0.2) is 4.98 Å². The van der Waals surface area contributed by atoms with Gasteiger partial charge in [0.15, 0.2) is 0 Å². The molecule has 0 spiro atoms. The van der Waals surface area contributed by atoms with Crippen molar-refractivity contribution in [3.63, 3.8) is 0 Å². The lowest BCUT2D eigenvalue weighted by atomic mass is 10.1. The van der Waals surface area contributed by atoms with Crippen molar-refractivity contribution in [2.45, 2.75) is 33.2 Å². The monoisotopic (exact) mass is 426 g/mol. The summed E-state index contributed by atoms with van der Waals surface area (Å²) in [4.78, 5) is 4.85. The summed E-state index contributed by atoms with van der Waals surface area (Å²) in [6.45, 7) is 5.85. The highest BCUT2D eigenvalue weighted by Gasteiger charge is 2.08. The van der Waals surface area contributed by atoms with Crippen LogP contribution in [0, 0.1) is 13.8 Å². The van der Waals surface area contributed by atoms with Gasteiger partial charge in [-0.15, -0.1) is 0 Å². The summed E-state index contributed by atoms with van der Waals surface area (Å²) in [5, 5.41) is 0. The molecule has 0 N–H and O–H groups in total. The summed E-state index contributed by atoms with van der Waals surface area (Å²) in [6.07, 6.45) is 6.20. The van der Waals surface area contributed by atoms with Gasteiger partial charge < -0.3 is 14.0 Å². The largest absolute Gasteiger partial charge is 0.497 e. The quantitative estimate of drug-likeness (QED) is 0.280. The molecule has 3 aromatic carbocycles. The van der Waals surface area contributed by atoms with Gasteiger partial charge >= 0.3 is 0 Å². The lowest BCUT2D eigenvalue weighted by Gasteiger charge is -2.10. The number of fused-ring (bicyclic) bond motifs is 1. The van der Waals surface area contributed by atoms with E-state index >= 15 is 0 Å². The number of aryl methyl sites for hydroxylation is 3. The van der Waals surface area contributed by atoms with Crippen LogP contribution in [0.1, 0.15) is 35.4 Å². The van der Waals surface area contributed by atoms with Crippen LogP contribution >= 0.6 is 0 Å². The standard InChI is InChI=1S/C28H30N2O2/c1-21-10-14-25(20-22(21)2)32-19-7-6-18-30-27-9-5-4-8-26(27)29-28(30)17-13-23-11-15-24(31-3)16-12-23/h4-5,8-17,20H,6-7,18-19H2,1-3H3/b17-13+. The Labute approximate surface area is 190 Å². The van der Waals surface area contributed by atoms with Gasteiger partial charge in [-0.2, -0.15) is 0 Å². The van der Waals surface area contributed by atoms with Gasteiger partial charge in [0.1, 0.15) is 17.3 Å². The zero-order valence-corrected chi connectivity index (χ0v) is 19.0. The number of unbranched alkanes of at least 4 members (excludes halogenated alkanes) is 1. The Hall–Kier alpha value is -3.53. The first-order chi connectivity index (χ1) is 15.6. The van der Waals surface area contributed by atoms with Gasteiger partial charge in [0, 0.05) is 6.54 Å². The highest BCUT2D eigenvalue weighted by atomic mass is 16.5. The van der Waals surface area contributed by atoms with Crippen LogP contribution < -0.4 is 9.47 Å². The molecule has 0 radical (unpaired) electrons. The van der Waals surface area contributed by atoms with E-state index < -0.39 is 0 Å². The zero-order valence-electron chi connectivity index (χ0n) is 19.0. The summed E-state index contributed by atoms with van der Waals surface area (Å²) in [5.74, 6) is 2.78. The first kappa shape index (κ1) is 21.7. The molecule has 0 amide bonds. The third-order valence-corrected chi connectivity index (χ3v) is 5.75. The van der Waals surface area contributed by atoms with Crippen molar-refractivity contribution < 1.29 is 9.47 Å². The van der Waals surface area contributed by atoms with Gasteiger partial charge in [-0.1, -0.05) is 36.4 Å². The number of aromatic nitrogens is 2. The van der Waals surface area contributed by atoms with Crippen molar-refractivity contribution >= 4 is 23.2 Å². The zero-order chi connectivity index (χ0) is 22.3. The Kier molecular flexibility index (Phi) is 6.90. The Morgan fingerprint density at radius 3 is 2.41 bits per heavy atom. The number of methoxy groups -OCH3 is 1. The smallest absolute Gasteiger partial charge is 0.133 e. The lowest BCUT2D eigenvalue weighted by Crippen LogP contribution is -2.04. The summed E-state index contributed by atoms with van der Waals surface area (Å²) < 4.78 is 13.5. The van der Waals surface area contributed by atoms with E-state index in [1.54, 1.807) is 7.11 Å². The van der Waals surface area contributed by atoms with Gasteiger partial charge in [0.25, 0.3) is 0 Å². The molecule has 4 rings (SSSR count). The minimum Gasteiger partial charge on any atom is -0.497 e. The number of benzene rings is 3. The molecule has 0 unspecified atom stereocenters. The lowest BCUT2D eigenvalue weighted by molar-refractivity contribution is 0.303. The van der Waals surface area contributed by atoms with Crippen LogP contribution in [0.5, 0.6) is 11.5 Å². The van der Waals surface area contributed by atoms with E-state index in [0.717, 1.165) is 53.3 Å². The number of nitrogens with zero attached hydrogens (tertiary/aromatic N) is 2. The molecule has 0 saturated heterocycles. The van der Waals surface area contributed by atoms with E-state index in [1.807, 2.05) is 36.4 Å². The van der Waals surface area contributed by atoms with Crippen LogP contribution in [0.2, 0.25) is 0 Å². The van der Waals surface area contributed by atoms with E-state index in [1.165, 1.54) is 11.1 Å². The number of hydrogen-bond donors (Lipinski definition) is 0. The van der Waals surface area contributed by atoms with Crippen molar-refractivity contribution in [3.05, 3.63) is 89.2 Å². The normalized spacial score (nSPS) is 11.3. The van der Waals surface area contributed by atoms with Gasteiger partial charge in [-0.3, -0.25) is 0 Å². The molecule has 0 atom stereocenters. The summed E-state index contributed by atoms with van der Waals surface area (Å²) in [5.41, 5.74) is 5.86. The fraction of sp³-hybridized carbons (Fsp3) is 0.250. The second-order valence-electron chi connectivity index (χ2n) is 8.02. The third kappa shape index (κ3) is 5.20. The van der Waals surface area contributed by atoms with E-state index in [-0.39, 0.29) is 0 Å². The molecule has 164 valence electrons. The highest BCUT2D eigenvalue weighted by Crippen LogP contribution is 2.20.